The van der Waals surface area contributed by atoms with Gasteiger partial charge in [0.2, 0.25) is 0 Å². The Bertz CT molecular complexity index is 403. The lowest BCUT2D eigenvalue weighted by atomic mass is 9.89. The van der Waals surface area contributed by atoms with Crippen molar-refractivity contribution >= 4 is 0 Å². The summed E-state index contributed by atoms with van der Waals surface area (Å²) in [5.74, 6) is -1.31. The molecule has 0 amide bonds. The molecule has 0 radical (unpaired) electrons. The summed E-state index contributed by atoms with van der Waals surface area (Å²) in [5.41, 5.74) is 6.83. The molecule has 2 N–H and O–H groups in total. The average Bonchev–Trinajstić information content (AvgIpc) is 2.51. The third kappa shape index (κ3) is 2.65. The van der Waals surface area contributed by atoms with E-state index < -0.39 is 11.6 Å². The van der Waals surface area contributed by atoms with E-state index in [1.807, 2.05) is 0 Å². The number of halogens is 2. The highest BCUT2D eigenvalue weighted by Gasteiger charge is 2.23. The first kappa shape index (κ1) is 12.5. The Morgan fingerprint density at radius 1 is 1.12 bits per heavy atom. The van der Waals surface area contributed by atoms with E-state index in [0.29, 0.717) is 11.1 Å². The molecule has 1 aromatic rings. The van der Waals surface area contributed by atoms with Gasteiger partial charge in [0, 0.05) is 6.04 Å². The highest BCUT2D eigenvalue weighted by atomic mass is 19.2. The molecule has 0 heterocycles. The summed E-state index contributed by atoms with van der Waals surface area (Å²) in [6, 6.07) is 3.49. The van der Waals surface area contributed by atoms with Crippen LogP contribution in [0.4, 0.5) is 8.78 Å². The maximum Gasteiger partial charge on any atom is 0.162 e. The molecule has 1 aliphatic rings. The minimum Gasteiger partial charge on any atom is -0.328 e. The van der Waals surface area contributed by atoms with Gasteiger partial charge in [-0.15, -0.1) is 0 Å². The molecule has 0 bridgehead atoms. The van der Waals surface area contributed by atoms with E-state index in [-0.39, 0.29) is 12.0 Å². The standard InChI is InChI=1S/C14H19F2N/c1-9-6-7-12(14(16)13(9)15)10-4-2-3-5-11(17)8-10/h6-7,10-11H,2-5,8,17H2,1H3. The SMILES string of the molecule is Cc1ccc(C2CCCCC(N)C2)c(F)c1F. The first-order valence-corrected chi connectivity index (χ1v) is 6.29. The summed E-state index contributed by atoms with van der Waals surface area (Å²) in [4.78, 5) is 0. The van der Waals surface area contributed by atoms with Crippen molar-refractivity contribution in [3.8, 4) is 0 Å². The molecule has 1 aromatic carbocycles. The molecule has 0 spiro atoms. The number of rotatable bonds is 1. The van der Waals surface area contributed by atoms with Crippen molar-refractivity contribution in [3.05, 3.63) is 34.9 Å². The molecule has 0 aliphatic heterocycles. The second-order valence-electron chi connectivity index (χ2n) is 5.08. The van der Waals surface area contributed by atoms with Gasteiger partial charge in [-0.25, -0.2) is 8.78 Å². The molecular formula is C14H19F2N. The van der Waals surface area contributed by atoms with Gasteiger partial charge in [-0.1, -0.05) is 25.0 Å². The number of hydrogen-bond acceptors (Lipinski definition) is 1. The fraction of sp³-hybridized carbons (Fsp3) is 0.571. The first-order chi connectivity index (χ1) is 8.09. The van der Waals surface area contributed by atoms with Crippen molar-refractivity contribution in [3.63, 3.8) is 0 Å². The fourth-order valence-electron chi connectivity index (χ4n) is 2.66. The average molecular weight is 239 g/mol. The molecule has 0 saturated heterocycles. The molecule has 3 heteroatoms. The van der Waals surface area contributed by atoms with Gasteiger partial charge in [-0.2, -0.15) is 0 Å². The molecule has 2 rings (SSSR count). The topological polar surface area (TPSA) is 26.0 Å². The van der Waals surface area contributed by atoms with E-state index in [9.17, 15) is 8.78 Å². The van der Waals surface area contributed by atoms with Gasteiger partial charge >= 0.3 is 0 Å². The van der Waals surface area contributed by atoms with Gasteiger partial charge in [0.25, 0.3) is 0 Å². The molecule has 94 valence electrons. The van der Waals surface area contributed by atoms with Gasteiger partial charge in [-0.3, -0.25) is 0 Å². The second kappa shape index (κ2) is 5.13. The Morgan fingerprint density at radius 3 is 2.59 bits per heavy atom. The summed E-state index contributed by atoms with van der Waals surface area (Å²) in [6.07, 6.45) is 4.81. The lowest BCUT2D eigenvalue weighted by molar-refractivity contribution is 0.463. The molecule has 1 aliphatic carbocycles. The van der Waals surface area contributed by atoms with Crippen molar-refractivity contribution in [2.24, 2.45) is 5.73 Å². The smallest absolute Gasteiger partial charge is 0.162 e. The second-order valence-corrected chi connectivity index (χ2v) is 5.08. The number of benzene rings is 1. The minimum absolute atomic E-state index is 0.0719. The van der Waals surface area contributed by atoms with Crippen LogP contribution in [0.15, 0.2) is 12.1 Å². The van der Waals surface area contributed by atoms with Crippen LogP contribution in [0.1, 0.15) is 49.1 Å². The van der Waals surface area contributed by atoms with Gasteiger partial charge in [-0.05, 0) is 43.2 Å². The van der Waals surface area contributed by atoms with Crippen LogP contribution in [0.3, 0.4) is 0 Å². The normalized spacial score (nSPS) is 25.6. The number of aryl methyl sites for hydroxylation is 1. The minimum atomic E-state index is -0.708. The third-order valence-electron chi connectivity index (χ3n) is 3.71. The Labute approximate surface area is 101 Å². The lowest BCUT2D eigenvalue weighted by Gasteiger charge is -2.18. The first-order valence-electron chi connectivity index (χ1n) is 6.29. The predicted molar refractivity (Wildman–Crippen MR) is 64.9 cm³/mol. The van der Waals surface area contributed by atoms with Crippen LogP contribution < -0.4 is 5.73 Å². The quantitative estimate of drug-likeness (QED) is 0.744. The Kier molecular flexibility index (Phi) is 3.77. The van der Waals surface area contributed by atoms with Crippen molar-refractivity contribution in [2.45, 2.75) is 51.0 Å². The van der Waals surface area contributed by atoms with Crippen LogP contribution in [0.2, 0.25) is 0 Å². The van der Waals surface area contributed by atoms with Crippen molar-refractivity contribution < 1.29 is 8.78 Å². The fourth-order valence-corrected chi connectivity index (χ4v) is 2.66. The number of nitrogens with two attached hydrogens (primary N) is 1. The summed E-state index contributed by atoms with van der Waals surface area (Å²) in [6.45, 7) is 1.58. The van der Waals surface area contributed by atoms with E-state index in [1.54, 1.807) is 19.1 Å². The molecule has 0 aromatic heterocycles. The zero-order valence-electron chi connectivity index (χ0n) is 10.2. The monoisotopic (exact) mass is 239 g/mol. The molecule has 1 saturated carbocycles. The Hall–Kier alpha value is -0.960. The van der Waals surface area contributed by atoms with Crippen molar-refractivity contribution in [2.75, 3.05) is 0 Å². The van der Waals surface area contributed by atoms with Crippen LogP contribution in [0, 0.1) is 18.6 Å². The van der Waals surface area contributed by atoms with Crippen LogP contribution in [-0.2, 0) is 0 Å². The molecule has 2 unspecified atom stereocenters. The van der Waals surface area contributed by atoms with Crippen LogP contribution in [-0.4, -0.2) is 6.04 Å². The summed E-state index contributed by atoms with van der Waals surface area (Å²) in [5, 5.41) is 0. The molecule has 1 fully saturated rings. The van der Waals surface area contributed by atoms with E-state index in [2.05, 4.69) is 0 Å². The van der Waals surface area contributed by atoms with Crippen molar-refractivity contribution in [1.82, 2.24) is 0 Å². The molecule has 1 nitrogen and oxygen atoms in total. The summed E-state index contributed by atoms with van der Waals surface area (Å²) in [7, 11) is 0. The van der Waals surface area contributed by atoms with Gasteiger partial charge in [0.1, 0.15) is 0 Å². The summed E-state index contributed by atoms with van der Waals surface area (Å²) < 4.78 is 27.4. The summed E-state index contributed by atoms with van der Waals surface area (Å²) >= 11 is 0. The van der Waals surface area contributed by atoms with Crippen molar-refractivity contribution in [1.29, 1.82) is 0 Å². The number of hydrogen-bond donors (Lipinski definition) is 1. The molecule has 17 heavy (non-hydrogen) atoms. The Balaban J connectivity index is 2.29. The lowest BCUT2D eigenvalue weighted by Crippen LogP contribution is -2.21. The predicted octanol–water partition coefficient (Wildman–Crippen LogP) is 3.65. The van der Waals surface area contributed by atoms with E-state index in [1.165, 1.54) is 0 Å². The molecule has 2 atom stereocenters. The van der Waals surface area contributed by atoms with Crippen LogP contribution in [0.5, 0.6) is 0 Å². The maximum atomic E-state index is 13.9. The van der Waals surface area contributed by atoms with E-state index in [0.717, 1.165) is 32.1 Å². The van der Waals surface area contributed by atoms with E-state index >= 15 is 0 Å². The maximum absolute atomic E-state index is 13.9. The van der Waals surface area contributed by atoms with Crippen LogP contribution >= 0.6 is 0 Å². The highest BCUT2D eigenvalue weighted by molar-refractivity contribution is 5.28. The zero-order chi connectivity index (χ0) is 12.4. The third-order valence-corrected chi connectivity index (χ3v) is 3.71. The molecular weight excluding hydrogens is 220 g/mol. The van der Waals surface area contributed by atoms with Crippen LogP contribution in [0.25, 0.3) is 0 Å². The highest BCUT2D eigenvalue weighted by Crippen LogP contribution is 2.33. The van der Waals surface area contributed by atoms with Gasteiger partial charge in [0.15, 0.2) is 11.6 Å². The largest absolute Gasteiger partial charge is 0.328 e. The zero-order valence-corrected chi connectivity index (χ0v) is 10.2. The van der Waals surface area contributed by atoms with Gasteiger partial charge in [0.05, 0.1) is 0 Å². The Morgan fingerprint density at radius 2 is 1.82 bits per heavy atom. The van der Waals surface area contributed by atoms with Gasteiger partial charge < -0.3 is 5.73 Å². The van der Waals surface area contributed by atoms with E-state index in [4.69, 9.17) is 5.73 Å².